The molecule has 2 aliphatic rings. The van der Waals surface area contributed by atoms with Crippen LogP contribution in [-0.2, 0) is 14.8 Å². The smallest absolute Gasteiger partial charge is 0.262 e. The van der Waals surface area contributed by atoms with E-state index in [4.69, 9.17) is 4.74 Å². The van der Waals surface area contributed by atoms with Crippen LogP contribution in [0, 0.1) is 0 Å². The second-order valence-corrected chi connectivity index (χ2v) is 7.16. The summed E-state index contributed by atoms with van der Waals surface area (Å²) in [5.74, 6) is 0.198. The minimum atomic E-state index is -3.59. The van der Waals surface area contributed by atoms with Gasteiger partial charge in [-0.1, -0.05) is 0 Å². The first kappa shape index (κ1) is 14.3. The molecule has 2 aliphatic heterocycles. The van der Waals surface area contributed by atoms with Crippen molar-refractivity contribution in [2.45, 2.75) is 17.4 Å². The topological polar surface area (TPSA) is 87.7 Å². The van der Waals surface area contributed by atoms with Gasteiger partial charge in [-0.2, -0.15) is 4.31 Å². The van der Waals surface area contributed by atoms with Gasteiger partial charge in [0.2, 0.25) is 10.0 Å². The van der Waals surface area contributed by atoms with Crippen LogP contribution in [0.3, 0.4) is 0 Å². The number of hydrogen-bond acceptors (Lipinski definition) is 5. The van der Waals surface area contributed by atoms with E-state index < -0.39 is 10.0 Å². The van der Waals surface area contributed by atoms with E-state index in [0.29, 0.717) is 18.0 Å². The molecule has 1 aromatic rings. The maximum atomic E-state index is 12.6. The molecule has 0 radical (unpaired) electrons. The average molecular weight is 311 g/mol. The van der Waals surface area contributed by atoms with Crippen molar-refractivity contribution < 1.29 is 17.9 Å². The van der Waals surface area contributed by atoms with Crippen molar-refractivity contribution in [1.82, 2.24) is 9.62 Å². The van der Waals surface area contributed by atoms with E-state index >= 15 is 0 Å². The summed E-state index contributed by atoms with van der Waals surface area (Å²) in [6.07, 6.45) is 0.792. The predicted molar refractivity (Wildman–Crippen MR) is 76.8 cm³/mol. The molecule has 1 atom stereocenters. The Kier molecular flexibility index (Phi) is 3.60. The number of rotatable bonds is 3. The molecule has 114 valence electrons. The fourth-order valence-corrected chi connectivity index (χ4v) is 3.95. The van der Waals surface area contributed by atoms with Gasteiger partial charge in [-0.05, 0) is 31.2 Å². The number of fused-ring (bicyclic) bond motifs is 1. The molecule has 1 amide bonds. The van der Waals surface area contributed by atoms with Gasteiger partial charge in [0.1, 0.15) is 5.75 Å². The zero-order valence-electron chi connectivity index (χ0n) is 11.6. The third-order valence-electron chi connectivity index (χ3n) is 3.81. The summed E-state index contributed by atoms with van der Waals surface area (Å²) in [4.78, 5) is 11.5. The zero-order valence-corrected chi connectivity index (χ0v) is 12.4. The van der Waals surface area contributed by atoms with E-state index in [9.17, 15) is 13.2 Å². The van der Waals surface area contributed by atoms with Crippen LogP contribution in [0.1, 0.15) is 6.42 Å². The number of carbonyl (C=O) groups is 1. The number of amides is 1. The number of anilines is 1. The Morgan fingerprint density at radius 2 is 2.19 bits per heavy atom. The lowest BCUT2D eigenvalue weighted by Crippen LogP contribution is -2.38. The van der Waals surface area contributed by atoms with E-state index in [0.717, 1.165) is 13.0 Å². The van der Waals surface area contributed by atoms with E-state index in [1.54, 1.807) is 13.1 Å². The molecule has 8 heteroatoms. The van der Waals surface area contributed by atoms with Gasteiger partial charge in [0.15, 0.2) is 6.61 Å². The molecular weight excluding hydrogens is 294 g/mol. The number of likely N-dealkylation sites (N-methyl/N-ethyl adjacent to an activating group) is 1. The molecule has 7 nitrogen and oxygen atoms in total. The SMILES string of the molecule is CN(C1CCNC1)S(=O)(=O)c1ccc2c(c1)NC(=O)CO2. The van der Waals surface area contributed by atoms with Crippen molar-refractivity contribution in [3.8, 4) is 5.75 Å². The van der Waals surface area contributed by atoms with Crippen LogP contribution in [0.25, 0.3) is 0 Å². The van der Waals surface area contributed by atoms with Gasteiger partial charge in [0.05, 0.1) is 10.6 Å². The highest BCUT2D eigenvalue weighted by Gasteiger charge is 2.31. The van der Waals surface area contributed by atoms with Crippen LogP contribution in [0.5, 0.6) is 5.75 Å². The summed E-state index contributed by atoms with van der Waals surface area (Å²) in [6, 6.07) is 4.48. The normalized spacial score (nSPS) is 21.8. The summed E-state index contributed by atoms with van der Waals surface area (Å²) < 4.78 is 31.9. The minimum absolute atomic E-state index is 0.0446. The van der Waals surface area contributed by atoms with Crippen LogP contribution in [0.2, 0.25) is 0 Å². The summed E-state index contributed by atoms with van der Waals surface area (Å²) >= 11 is 0. The molecule has 0 bridgehead atoms. The van der Waals surface area contributed by atoms with Gasteiger partial charge in [-0.15, -0.1) is 0 Å². The van der Waals surface area contributed by atoms with Crippen LogP contribution >= 0.6 is 0 Å². The van der Waals surface area contributed by atoms with Crippen molar-refractivity contribution in [2.75, 3.05) is 32.1 Å². The van der Waals surface area contributed by atoms with Gasteiger partial charge >= 0.3 is 0 Å². The number of carbonyl (C=O) groups excluding carboxylic acids is 1. The average Bonchev–Trinajstić information content (AvgIpc) is 2.99. The molecule has 0 saturated carbocycles. The van der Waals surface area contributed by atoms with E-state index in [-0.39, 0.29) is 23.5 Å². The van der Waals surface area contributed by atoms with Gasteiger partial charge < -0.3 is 15.4 Å². The van der Waals surface area contributed by atoms with E-state index in [1.807, 2.05) is 0 Å². The number of hydrogen-bond donors (Lipinski definition) is 2. The summed E-state index contributed by atoms with van der Waals surface area (Å²) in [5.41, 5.74) is 0.394. The number of benzene rings is 1. The highest BCUT2D eigenvalue weighted by molar-refractivity contribution is 7.89. The first-order valence-corrected chi connectivity index (χ1v) is 8.18. The summed E-state index contributed by atoms with van der Waals surface area (Å²) in [6.45, 7) is 1.42. The lowest BCUT2D eigenvalue weighted by molar-refractivity contribution is -0.118. The maximum Gasteiger partial charge on any atom is 0.262 e. The third kappa shape index (κ3) is 2.61. The Hall–Kier alpha value is -1.64. The lowest BCUT2D eigenvalue weighted by atomic mass is 10.2. The molecule has 2 N–H and O–H groups in total. The highest BCUT2D eigenvalue weighted by atomic mass is 32.2. The second-order valence-electron chi connectivity index (χ2n) is 5.16. The first-order chi connectivity index (χ1) is 9.98. The van der Waals surface area contributed by atoms with Crippen LogP contribution in [-0.4, -0.2) is 51.4 Å². The molecule has 1 saturated heterocycles. The quantitative estimate of drug-likeness (QED) is 0.820. The van der Waals surface area contributed by atoms with Crippen molar-refractivity contribution in [2.24, 2.45) is 0 Å². The fraction of sp³-hybridized carbons (Fsp3) is 0.462. The van der Waals surface area contributed by atoms with Crippen LogP contribution in [0.4, 0.5) is 5.69 Å². The van der Waals surface area contributed by atoms with E-state index in [2.05, 4.69) is 10.6 Å². The molecule has 21 heavy (non-hydrogen) atoms. The van der Waals surface area contributed by atoms with Crippen molar-refractivity contribution in [3.05, 3.63) is 18.2 Å². The molecular formula is C13H17N3O4S. The molecule has 1 fully saturated rings. The van der Waals surface area contributed by atoms with Crippen LogP contribution in [0.15, 0.2) is 23.1 Å². The van der Waals surface area contributed by atoms with Crippen LogP contribution < -0.4 is 15.4 Å². The molecule has 3 rings (SSSR count). The predicted octanol–water partition coefficient (Wildman–Crippen LogP) is -0.0001000. The van der Waals surface area contributed by atoms with E-state index in [1.165, 1.54) is 16.4 Å². The Labute approximate surface area is 123 Å². The Bertz CT molecular complexity index is 668. The van der Waals surface area contributed by atoms with Crippen molar-refractivity contribution >= 4 is 21.6 Å². The molecule has 1 unspecified atom stereocenters. The standard InChI is InChI=1S/C13H17N3O4S/c1-16(9-4-5-14-7-9)21(18,19)10-2-3-12-11(6-10)15-13(17)8-20-12/h2-3,6,9,14H,4-5,7-8H2,1H3,(H,15,17). The molecule has 0 aromatic heterocycles. The number of sulfonamides is 1. The number of nitrogens with one attached hydrogen (secondary N) is 2. The first-order valence-electron chi connectivity index (χ1n) is 6.74. The monoisotopic (exact) mass is 311 g/mol. The van der Waals surface area contributed by atoms with Crippen molar-refractivity contribution in [3.63, 3.8) is 0 Å². The fourth-order valence-electron chi connectivity index (χ4n) is 2.53. The minimum Gasteiger partial charge on any atom is -0.482 e. The molecule has 0 spiro atoms. The summed E-state index contributed by atoms with van der Waals surface area (Å²) in [7, 11) is -2.00. The van der Waals surface area contributed by atoms with Gasteiger partial charge in [-0.3, -0.25) is 4.79 Å². The largest absolute Gasteiger partial charge is 0.482 e. The summed E-state index contributed by atoms with van der Waals surface area (Å²) in [5, 5.41) is 5.77. The maximum absolute atomic E-state index is 12.6. The second kappa shape index (κ2) is 5.28. The van der Waals surface area contributed by atoms with Gasteiger partial charge in [0.25, 0.3) is 5.91 Å². The van der Waals surface area contributed by atoms with Crippen molar-refractivity contribution in [1.29, 1.82) is 0 Å². The molecule has 2 heterocycles. The number of ether oxygens (including phenoxy) is 1. The zero-order chi connectivity index (χ0) is 15.0. The molecule has 1 aromatic carbocycles. The highest BCUT2D eigenvalue weighted by Crippen LogP contribution is 2.31. The Balaban J connectivity index is 1.92. The third-order valence-corrected chi connectivity index (χ3v) is 5.72. The number of nitrogens with zero attached hydrogens (tertiary/aromatic N) is 1. The Morgan fingerprint density at radius 3 is 2.90 bits per heavy atom. The molecule has 0 aliphatic carbocycles. The van der Waals surface area contributed by atoms with Gasteiger partial charge in [-0.25, -0.2) is 8.42 Å². The lowest BCUT2D eigenvalue weighted by Gasteiger charge is -2.24. The van der Waals surface area contributed by atoms with Gasteiger partial charge in [0, 0.05) is 19.6 Å². The Morgan fingerprint density at radius 1 is 1.38 bits per heavy atom.